The molecule has 1 saturated carbocycles. The molecule has 2 nitrogen and oxygen atoms in total. The molecular formula is C15H20FNOS. The highest BCUT2D eigenvalue weighted by Crippen LogP contribution is 2.37. The normalized spacial score (nSPS) is 30.9. The number of hydrogen-bond donors (Lipinski definition) is 2. The number of aliphatic hydroxyl groups is 1. The van der Waals surface area contributed by atoms with E-state index < -0.39 is 0 Å². The van der Waals surface area contributed by atoms with Crippen molar-refractivity contribution >= 4 is 11.8 Å². The lowest BCUT2D eigenvalue weighted by molar-refractivity contribution is 0.114. The minimum Gasteiger partial charge on any atom is -0.393 e. The Balaban J connectivity index is 1.71. The molecule has 0 radical (unpaired) electrons. The van der Waals surface area contributed by atoms with Crippen molar-refractivity contribution in [3.8, 4) is 0 Å². The molecule has 0 bridgehead atoms. The van der Waals surface area contributed by atoms with Gasteiger partial charge in [-0.05, 0) is 61.6 Å². The van der Waals surface area contributed by atoms with E-state index >= 15 is 0 Å². The Hall–Kier alpha value is -0.580. The van der Waals surface area contributed by atoms with Gasteiger partial charge in [-0.25, -0.2) is 4.39 Å². The number of benzene rings is 1. The van der Waals surface area contributed by atoms with Gasteiger partial charge >= 0.3 is 0 Å². The van der Waals surface area contributed by atoms with Crippen molar-refractivity contribution in [2.24, 2.45) is 0 Å². The third-order valence-corrected chi connectivity index (χ3v) is 5.27. The Morgan fingerprint density at radius 1 is 1.16 bits per heavy atom. The predicted octanol–water partition coefficient (Wildman–Crippen LogP) is 3.26. The summed E-state index contributed by atoms with van der Waals surface area (Å²) in [6.07, 6.45) is 4.75. The Labute approximate surface area is 117 Å². The van der Waals surface area contributed by atoms with Crippen LogP contribution in [0.4, 0.5) is 4.39 Å². The van der Waals surface area contributed by atoms with Crippen molar-refractivity contribution in [1.29, 1.82) is 0 Å². The van der Waals surface area contributed by atoms with Crippen molar-refractivity contribution in [1.82, 2.24) is 5.32 Å². The van der Waals surface area contributed by atoms with E-state index in [1.165, 1.54) is 4.90 Å². The van der Waals surface area contributed by atoms with Crippen LogP contribution in [0.15, 0.2) is 23.1 Å². The fraction of sp³-hybridized carbons (Fsp3) is 0.600. The van der Waals surface area contributed by atoms with Crippen LogP contribution in [0, 0.1) is 5.82 Å². The van der Waals surface area contributed by atoms with E-state index in [4.69, 9.17) is 0 Å². The molecule has 0 aromatic heterocycles. The third kappa shape index (κ3) is 3.12. The molecule has 4 heteroatoms. The van der Waals surface area contributed by atoms with E-state index in [-0.39, 0.29) is 18.0 Å². The molecule has 104 valence electrons. The summed E-state index contributed by atoms with van der Waals surface area (Å²) >= 11 is 1.82. The number of nitrogens with one attached hydrogen (secondary N) is 1. The van der Waals surface area contributed by atoms with Gasteiger partial charge in [0.15, 0.2) is 0 Å². The Kier molecular flexibility index (Phi) is 4.10. The number of hydrogen-bond acceptors (Lipinski definition) is 3. The molecule has 1 fully saturated rings. The van der Waals surface area contributed by atoms with Crippen molar-refractivity contribution in [3.63, 3.8) is 0 Å². The van der Waals surface area contributed by atoms with E-state index in [1.54, 1.807) is 12.1 Å². The van der Waals surface area contributed by atoms with Crippen LogP contribution >= 0.6 is 11.8 Å². The van der Waals surface area contributed by atoms with Gasteiger partial charge in [0.25, 0.3) is 0 Å². The number of thioether (sulfide) groups is 1. The zero-order valence-corrected chi connectivity index (χ0v) is 11.8. The molecule has 1 aliphatic heterocycles. The standard InChI is InChI=1S/C15H20FNOS/c16-10-1-6-15-13(9-10)14(7-8-19-15)17-11-2-4-12(18)5-3-11/h1,6,9,11-12,14,17-18H,2-5,7-8H2. The zero-order valence-electron chi connectivity index (χ0n) is 10.9. The van der Waals surface area contributed by atoms with Crippen LogP contribution in [0.1, 0.15) is 43.7 Å². The summed E-state index contributed by atoms with van der Waals surface area (Å²) in [5, 5.41) is 13.2. The van der Waals surface area contributed by atoms with Gasteiger partial charge in [0, 0.05) is 17.0 Å². The maximum atomic E-state index is 13.4. The second kappa shape index (κ2) is 5.81. The largest absolute Gasteiger partial charge is 0.393 e. The summed E-state index contributed by atoms with van der Waals surface area (Å²) in [6, 6.07) is 5.86. The van der Waals surface area contributed by atoms with Gasteiger partial charge < -0.3 is 10.4 Å². The van der Waals surface area contributed by atoms with E-state index in [9.17, 15) is 9.50 Å². The molecular weight excluding hydrogens is 261 g/mol. The predicted molar refractivity (Wildman–Crippen MR) is 75.9 cm³/mol. The van der Waals surface area contributed by atoms with Crippen LogP contribution < -0.4 is 5.32 Å². The van der Waals surface area contributed by atoms with Crippen LogP contribution in [0.2, 0.25) is 0 Å². The average Bonchev–Trinajstić information content (AvgIpc) is 2.42. The Morgan fingerprint density at radius 3 is 2.74 bits per heavy atom. The summed E-state index contributed by atoms with van der Waals surface area (Å²) in [6.45, 7) is 0. The Bertz CT molecular complexity index is 446. The molecule has 3 rings (SSSR count). The van der Waals surface area contributed by atoms with Gasteiger partial charge in [-0.15, -0.1) is 11.8 Å². The zero-order chi connectivity index (χ0) is 13.2. The minimum atomic E-state index is -0.146. The summed E-state index contributed by atoms with van der Waals surface area (Å²) in [7, 11) is 0. The second-order valence-corrected chi connectivity index (χ2v) is 6.68. The molecule has 19 heavy (non-hydrogen) atoms. The first-order valence-corrected chi connectivity index (χ1v) is 8.07. The van der Waals surface area contributed by atoms with Crippen molar-refractivity contribution in [2.45, 2.75) is 55.2 Å². The van der Waals surface area contributed by atoms with Crippen LogP contribution in [0.25, 0.3) is 0 Å². The molecule has 1 aromatic rings. The Morgan fingerprint density at radius 2 is 1.95 bits per heavy atom. The van der Waals surface area contributed by atoms with Crippen molar-refractivity contribution in [3.05, 3.63) is 29.6 Å². The van der Waals surface area contributed by atoms with Crippen molar-refractivity contribution in [2.75, 3.05) is 5.75 Å². The number of fused-ring (bicyclic) bond motifs is 1. The smallest absolute Gasteiger partial charge is 0.123 e. The molecule has 1 aromatic carbocycles. The number of aliphatic hydroxyl groups excluding tert-OH is 1. The van der Waals surface area contributed by atoms with Crippen LogP contribution in [0.5, 0.6) is 0 Å². The van der Waals surface area contributed by atoms with Crippen LogP contribution in [0.3, 0.4) is 0 Å². The average molecular weight is 281 g/mol. The molecule has 0 amide bonds. The highest BCUT2D eigenvalue weighted by Gasteiger charge is 2.26. The lowest BCUT2D eigenvalue weighted by Crippen LogP contribution is -2.38. The molecule has 0 saturated heterocycles. The van der Waals surface area contributed by atoms with E-state index in [1.807, 2.05) is 17.8 Å². The summed E-state index contributed by atoms with van der Waals surface area (Å²) in [4.78, 5) is 1.21. The molecule has 1 heterocycles. The summed E-state index contributed by atoms with van der Waals surface area (Å²) < 4.78 is 13.4. The quantitative estimate of drug-likeness (QED) is 0.873. The molecule has 2 N–H and O–H groups in total. The SMILES string of the molecule is OC1CCC(NC2CCSc3ccc(F)cc32)CC1. The molecule has 1 aliphatic carbocycles. The van der Waals surface area contributed by atoms with Gasteiger partial charge in [-0.2, -0.15) is 0 Å². The van der Waals surface area contributed by atoms with Gasteiger partial charge in [0.2, 0.25) is 0 Å². The fourth-order valence-corrected chi connectivity index (χ4v) is 4.17. The van der Waals surface area contributed by atoms with E-state index in [2.05, 4.69) is 5.32 Å². The topological polar surface area (TPSA) is 32.3 Å². The number of halogens is 1. The monoisotopic (exact) mass is 281 g/mol. The van der Waals surface area contributed by atoms with Crippen LogP contribution in [-0.2, 0) is 0 Å². The first-order chi connectivity index (χ1) is 9.22. The maximum absolute atomic E-state index is 13.4. The molecule has 0 spiro atoms. The van der Waals surface area contributed by atoms with Gasteiger partial charge in [0.1, 0.15) is 5.82 Å². The lowest BCUT2D eigenvalue weighted by Gasteiger charge is -2.33. The number of rotatable bonds is 2. The lowest BCUT2D eigenvalue weighted by atomic mass is 9.91. The maximum Gasteiger partial charge on any atom is 0.123 e. The van der Waals surface area contributed by atoms with Gasteiger partial charge in [-0.1, -0.05) is 0 Å². The van der Waals surface area contributed by atoms with E-state index in [0.717, 1.165) is 43.4 Å². The van der Waals surface area contributed by atoms with Gasteiger partial charge in [0.05, 0.1) is 6.10 Å². The first kappa shape index (κ1) is 13.4. The molecule has 1 atom stereocenters. The molecule has 2 aliphatic rings. The highest BCUT2D eigenvalue weighted by molar-refractivity contribution is 7.99. The van der Waals surface area contributed by atoms with Crippen molar-refractivity contribution < 1.29 is 9.50 Å². The molecule has 1 unspecified atom stereocenters. The fourth-order valence-electron chi connectivity index (χ4n) is 3.07. The minimum absolute atomic E-state index is 0.121. The first-order valence-electron chi connectivity index (χ1n) is 7.09. The second-order valence-electron chi connectivity index (χ2n) is 5.54. The highest BCUT2D eigenvalue weighted by atomic mass is 32.2. The summed E-state index contributed by atoms with van der Waals surface area (Å²) in [5.41, 5.74) is 1.11. The third-order valence-electron chi connectivity index (χ3n) is 4.14. The van der Waals surface area contributed by atoms with Crippen LogP contribution in [-0.4, -0.2) is 23.0 Å². The van der Waals surface area contributed by atoms with Gasteiger partial charge in [-0.3, -0.25) is 0 Å². The summed E-state index contributed by atoms with van der Waals surface area (Å²) in [5.74, 6) is 0.943. The van der Waals surface area contributed by atoms with E-state index in [0.29, 0.717) is 6.04 Å².